The lowest BCUT2D eigenvalue weighted by molar-refractivity contribution is 0.0791. The molecule has 0 spiro atoms. The second kappa shape index (κ2) is 20.7. The summed E-state index contributed by atoms with van der Waals surface area (Å²) in [4.78, 5) is 47.8. The molecule has 4 aliphatic heterocycles. The molecular formula is C42H58I2N12O5. The molecule has 2 aromatic carbocycles. The lowest BCUT2D eigenvalue weighted by Crippen LogP contribution is -2.48. The molecule has 3 unspecified atom stereocenters. The van der Waals surface area contributed by atoms with E-state index in [9.17, 15) is 24.9 Å². The van der Waals surface area contributed by atoms with Crippen LogP contribution in [0.15, 0.2) is 75.0 Å². The van der Waals surface area contributed by atoms with E-state index in [0.717, 1.165) is 98.1 Å². The van der Waals surface area contributed by atoms with Crippen LogP contribution >= 0.6 is 45.2 Å². The SMILES string of the molecule is CC(CO)CN1C=C2C(=NC(N3CCCNCC3)N2Cc2ccccc2I)N(C)C1.Cn1c(=O)n(CC(O)CO)c(=O)c2c1nc(N1CCNCC1)n2Cc1ccccc1I. The van der Waals surface area contributed by atoms with Gasteiger partial charge in [0.25, 0.3) is 5.56 Å². The molecule has 2 saturated heterocycles. The zero-order chi connectivity index (χ0) is 43.2. The summed E-state index contributed by atoms with van der Waals surface area (Å²) < 4.78 is 6.52. The fraction of sp³-hybridized carbons (Fsp3) is 0.524. The number of imidazole rings is 1. The highest BCUT2D eigenvalue weighted by molar-refractivity contribution is 14.1. The number of halogens is 2. The van der Waals surface area contributed by atoms with Gasteiger partial charge in [0, 0.05) is 92.9 Å². The van der Waals surface area contributed by atoms with Gasteiger partial charge in [-0.2, -0.15) is 4.98 Å². The Morgan fingerprint density at radius 2 is 1.49 bits per heavy atom. The minimum Gasteiger partial charge on any atom is -0.396 e. The molecule has 0 saturated carbocycles. The Hall–Kier alpha value is -3.58. The van der Waals surface area contributed by atoms with E-state index < -0.39 is 24.0 Å². The van der Waals surface area contributed by atoms with Crippen molar-refractivity contribution in [2.75, 3.05) is 90.7 Å². The largest absolute Gasteiger partial charge is 0.396 e. The van der Waals surface area contributed by atoms with Crippen LogP contribution in [0.4, 0.5) is 5.95 Å². The highest BCUT2D eigenvalue weighted by atomic mass is 127. The highest BCUT2D eigenvalue weighted by Gasteiger charge is 2.39. The molecule has 2 fully saturated rings. The molecule has 5 N–H and O–H groups in total. The number of piperazine rings is 1. The number of likely N-dealkylation sites (N-methyl/N-ethyl adjacent to an activating group) is 1. The van der Waals surface area contributed by atoms with Gasteiger partial charge in [-0.05, 0) is 87.3 Å². The van der Waals surface area contributed by atoms with Gasteiger partial charge >= 0.3 is 5.69 Å². The van der Waals surface area contributed by atoms with Crippen LogP contribution in [0.25, 0.3) is 11.2 Å². The van der Waals surface area contributed by atoms with E-state index in [0.29, 0.717) is 23.7 Å². The smallest absolute Gasteiger partial charge is 0.332 e. The van der Waals surface area contributed by atoms with E-state index >= 15 is 0 Å². The van der Waals surface area contributed by atoms with Crippen molar-refractivity contribution in [1.29, 1.82) is 0 Å². The van der Waals surface area contributed by atoms with Crippen molar-refractivity contribution >= 4 is 68.1 Å². The first-order valence-electron chi connectivity index (χ1n) is 21.0. The molecule has 2 aromatic heterocycles. The lowest BCUT2D eigenvalue weighted by Gasteiger charge is -2.38. The maximum absolute atomic E-state index is 13.4. The van der Waals surface area contributed by atoms with Crippen molar-refractivity contribution < 1.29 is 15.3 Å². The molecule has 17 nitrogen and oxygen atoms in total. The molecule has 0 aliphatic carbocycles. The minimum absolute atomic E-state index is 0.0276. The molecule has 4 aliphatic rings. The number of fused-ring (bicyclic) bond motifs is 2. The van der Waals surface area contributed by atoms with Crippen molar-refractivity contribution in [1.82, 2.24) is 48.9 Å². The first-order valence-corrected chi connectivity index (χ1v) is 23.1. The molecular weight excluding hydrogens is 1010 g/mol. The number of hydrogen-bond acceptors (Lipinski definition) is 14. The number of nitrogens with zero attached hydrogens (tertiary/aromatic N) is 10. The molecule has 0 bridgehead atoms. The van der Waals surface area contributed by atoms with Gasteiger partial charge in [0.2, 0.25) is 5.95 Å². The molecule has 3 atom stereocenters. The Kier molecular flexibility index (Phi) is 15.4. The van der Waals surface area contributed by atoms with Crippen molar-refractivity contribution in [3.05, 3.63) is 99.5 Å². The lowest BCUT2D eigenvalue weighted by atomic mass is 10.1. The number of benzene rings is 2. The standard InChI is InChI=1S/C22H33IN6O.C20H25IN6O4/c1-17(15-30)12-27-14-20-21(26(2)16-27)25-22(28-10-5-8-24-9-11-28)29(20)13-18-6-3-4-7-19(18)23;1-24-17-16(18(30)27(20(24)31)11-14(29)12-28)26(10-13-4-2-3-5-15(13)21)19(23-17)25-8-6-22-7-9-25/h3-4,6-7,14,17,22,24,30H,5,8-13,15-16H2,1-2H3;2-5,14,22,28-29H,6-12H2,1H3. The van der Waals surface area contributed by atoms with Crippen LogP contribution in [0.2, 0.25) is 0 Å². The highest BCUT2D eigenvalue weighted by Crippen LogP contribution is 2.32. The van der Waals surface area contributed by atoms with Gasteiger partial charge in [0.05, 0.1) is 38.2 Å². The third-order valence-corrected chi connectivity index (χ3v) is 13.6. The van der Waals surface area contributed by atoms with Crippen molar-refractivity contribution in [3.8, 4) is 0 Å². The van der Waals surface area contributed by atoms with Gasteiger partial charge < -0.3 is 45.6 Å². The first-order chi connectivity index (χ1) is 29.5. The quantitative estimate of drug-likeness (QED) is 0.128. The molecule has 330 valence electrons. The fourth-order valence-electron chi connectivity index (χ4n) is 8.24. The zero-order valence-corrected chi connectivity index (χ0v) is 39.4. The number of aliphatic hydroxyl groups is 3. The Labute approximate surface area is 383 Å². The first kappa shape index (κ1) is 45.4. The summed E-state index contributed by atoms with van der Waals surface area (Å²) in [6.07, 6.45) is 2.23. The van der Waals surface area contributed by atoms with Crippen LogP contribution in [0.5, 0.6) is 0 Å². The maximum Gasteiger partial charge on any atom is 0.332 e. The average molecular weight is 1060 g/mol. The molecule has 0 radical (unpaired) electrons. The number of aryl methyl sites for hydroxylation is 1. The summed E-state index contributed by atoms with van der Waals surface area (Å²) in [5.74, 6) is 1.96. The summed E-state index contributed by atoms with van der Waals surface area (Å²) in [6.45, 7) is 11.6. The van der Waals surface area contributed by atoms with Gasteiger partial charge in [-0.25, -0.2) is 9.79 Å². The molecule has 8 rings (SSSR count). The number of rotatable bonds is 12. The fourth-order valence-corrected chi connectivity index (χ4v) is 9.36. The molecule has 19 heteroatoms. The van der Waals surface area contributed by atoms with E-state index in [4.69, 9.17) is 9.98 Å². The summed E-state index contributed by atoms with van der Waals surface area (Å²) in [7, 11) is 3.69. The molecule has 61 heavy (non-hydrogen) atoms. The van der Waals surface area contributed by atoms with E-state index in [1.807, 2.05) is 28.8 Å². The van der Waals surface area contributed by atoms with Gasteiger partial charge in [-0.3, -0.25) is 23.4 Å². The van der Waals surface area contributed by atoms with Crippen LogP contribution in [0.1, 0.15) is 24.5 Å². The second-order valence-corrected chi connectivity index (χ2v) is 18.5. The van der Waals surface area contributed by atoms with Crippen LogP contribution in [0, 0.1) is 13.1 Å². The number of anilines is 1. The van der Waals surface area contributed by atoms with Gasteiger partial charge in [0.15, 0.2) is 23.3 Å². The Bertz CT molecular complexity index is 2320. The van der Waals surface area contributed by atoms with E-state index in [1.54, 1.807) is 7.05 Å². The van der Waals surface area contributed by atoms with E-state index in [-0.39, 0.29) is 25.4 Å². The minimum atomic E-state index is -1.21. The number of amidine groups is 1. The topological polar surface area (TPSA) is 175 Å². The Morgan fingerprint density at radius 3 is 2.16 bits per heavy atom. The Morgan fingerprint density at radius 1 is 0.836 bits per heavy atom. The molecule has 6 heterocycles. The van der Waals surface area contributed by atoms with Crippen molar-refractivity contribution in [3.63, 3.8) is 0 Å². The Balaban J connectivity index is 0.000000184. The van der Waals surface area contributed by atoms with Gasteiger partial charge in [-0.15, -0.1) is 0 Å². The van der Waals surface area contributed by atoms with Crippen LogP contribution in [0.3, 0.4) is 0 Å². The molecule has 4 aromatic rings. The third-order valence-electron chi connectivity index (χ3n) is 11.5. The van der Waals surface area contributed by atoms with Gasteiger partial charge in [0.1, 0.15) is 0 Å². The van der Waals surface area contributed by atoms with Crippen molar-refractivity contribution in [2.45, 2.75) is 45.4 Å². The van der Waals surface area contributed by atoms with E-state index in [2.05, 4.69) is 125 Å². The number of aliphatic hydroxyl groups excluding tert-OH is 3. The number of aromatic nitrogens is 4. The van der Waals surface area contributed by atoms with Crippen molar-refractivity contribution in [2.24, 2.45) is 18.0 Å². The van der Waals surface area contributed by atoms with Crippen LogP contribution in [-0.4, -0.2) is 158 Å². The van der Waals surface area contributed by atoms with Crippen LogP contribution in [-0.2, 0) is 26.7 Å². The monoisotopic (exact) mass is 1060 g/mol. The van der Waals surface area contributed by atoms with Gasteiger partial charge in [-0.1, -0.05) is 43.3 Å². The predicted molar refractivity (Wildman–Crippen MR) is 254 cm³/mol. The zero-order valence-electron chi connectivity index (χ0n) is 35.1. The second-order valence-electron chi connectivity index (χ2n) is 16.2. The summed E-state index contributed by atoms with van der Waals surface area (Å²) >= 11 is 4.70. The summed E-state index contributed by atoms with van der Waals surface area (Å²) in [5, 5.41) is 35.4. The number of hydrogen-bond donors (Lipinski definition) is 5. The summed E-state index contributed by atoms with van der Waals surface area (Å²) in [5.41, 5.74) is 3.08. The average Bonchev–Trinajstić information content (AvgIpc) is 3.70. The third kappa shape index (κ3) is 10.3. The van der Waals surface area contributed by atoms with Crippen LogP contribution < -0.4 is 26.8 Å². The maximum atomic E-state index is 13.4. The number of aliphatic imine (C=N–C) groups is 1. The molecule has 0 amide bonds. The predicted octanol–water partition coefficient (Wildman–Crippen LogP) is 1.07. The summed E-state index contributed by atoms with van der Waals surface area (Å²) in [6, 6.07) is 16.5. The number of nitrogens with one attached hydrogen (secondary N) is 2. The van der Waals surface area contributed by atoms with E-state index in [1.165, 1.54) is 19.4 Å². The normalized spacial score (nSPS) is 19.6.